The van der Waals surface area contributed by atoms with Crippen LogP contribution in [-0.4, -0.2) is 52.1 Å². The number of hydrogen-bond donors (Lipinski definition) is 1. The molecule has 1 amide bonds. The van der Waals surface area contributed by atoms with Crippen LogP contribution in [0.15, 0.2) is 128 Å². The molecule has 0 bridgehead atoms. The molecule has 0 aliphatic heterocycles. The SMILES string of the molecule is C.C.CCC(=O)Oc1cc[c-]c(-c2ccccn2)c1.CCC(=O)Oc1cc[c-]c(-c2ccccn2)c1.CCC(C)(C)C(=O)OCCNC(=O)Oc1cc[c-]c(-c2ccccn2)c1.[Ir+3]. The maximum atomic E-state index is 11.9. The molecular weight excluding hydrogens is 977 g/mol. The van der Waals surface area contributed by atoms with Crippen molar-refractivity contribution in [3.05, 3.63) is 146 Å². The summed E-state index contributed by atoms with van der Waals surface area (Å²) in [4.78, 5) is 58.7. The number of aromatic nitrogens is 3. The van der Waals surface area contributed by atoms with Crippen LogP contribution in [0.5, 0.6) is 17.2 Å². The third-order valence-electron chi connectivity index (χ3n) is 8.43. The van der Waals surface area contributed by atoms with Gasteiger partial charge in [0, 0.05) is 31.4 Å². The Bertz CT molecular complexity index is 2180. The van der Waals surface area contributed by atoms with Crippen molar-refractivity contribution in [1.29, 1.82) is 0 Å². The van der Waals surface area contributed by atoms with Gasteiger partial charge in [-0.2, -0.15) is 0 Å². The number of nitrogens with zero attached hydrogens (tertiary/aromatic N) is 3. The molecule has 0 fully saturated rings. The average molecular weight is 1030 g/mol. The first-order valence-corrected chi connectivity index (χ1v) is 19.3. The van der Waals surface area contributed by atoms with Crippen LogP contribution >= 0.6 is 0 Å². The Labute approximate surface area is 385 Å². The molecular formula is C50H55IrN4O8. The second kappa shape index (κ2) is 28.9. The number of ether oxygens (including phenoxy) is 4. The van der Waals surface area contributed by atoms with Crippen LogP contribution in [0.1, 0.15) is 68.7 Å². The first-order valence-electron chi connectivity index (χ1n) is 19.3. The number of hydrogen-bond acceptors (Lipinski definition) is 11. The molecule has 0 aliphatic rings. The minimum absolute atomic E-state index is 0. The summed E-state index contributed by atoms with van der Waals surface area (Å²) >= 11 is 0. The van der Waals surface area contributed by atoms with E-state index in [2.05, 4.69) is 38.5 Å². The summed E-state index contributed by atoms with van der Waals surface area (Å²) in [7, 11) is 0. The number of rotatable bonds is 13. The molecule has 0 saturated carbocycles. The van der Waals surface area contributed by atoms with Crippen molar-refractivity contribution < 1.29 is 58.2 Å². The summed E-state index contributed by atoms with van der Waals surface area (Å²) in [5, 5.41) is 2.55. The molecule has 3 aromatic heterocycles. The first kappa shape index (κ1) is 54.5. The van der Waals surface area contributed by atoms with E-state index in [1.807, 2.05) is 75.4 Å². The van der Waals surface area contributed by atoms with E-state index >= 15 is 0 Å². The third kappa shape index (κ3) is 18.9. The number of pyridine rings is 3. The quantitative estimate of drug-likeness (QED) is 0.0508. The van der Waals surface area contributed by atoms with E-state index in [1.54, 1.807) is 87.0 Å². The van der Waals surface area contributed by atoms with Crippen LogP contribution in [0.3, 0.4) is 0 Å². The monoisotopic (exact) mass is 1030 g/mol. The zero-order valence-corrected chi connectivity index (χ0v) is 37.0. The van der Waals surface area contributed by atoms with Crippen LogP contribution in [0, 0.1) is 23.6 Å². The van der Waals surface area contributed by atoms with Crippen LogP contribution in [0.4, 0.5) is 4.79 Å². The zero-order chi connectivity index (χ0) is 43.2. The minimum atomic E-state index is -0.617. The Morgan fingerprint density at radius 3 is 1.30 bits per heavy atom. The van der Waals surface area contributed by atoms with Gasteiger partial charge in [-0.25, -0.2) is 4.79 Å². The summed E-state index contributed by atoms with van der Waals surface area (Å²) in [5.74, 6) is 0.652. The Hall–Kier alpha value is -6.56. The number of nitrogens with one attached hydrogen (secondary N) is 1. The van der Waals surface area contributed by atoms with E-state index in [0.717, 1.165) is 33.8 Å². The van der Waals surface area contributed by atoms with Gasteiger partial charge in [0.25, 0.3) is 0 Å². The van der Waals surface area contributed by atoms with E-state index < -0.39 is 11.5 Å². The Balaban J connectivity index is 0.000000476. The van der Waals surface area contributed by atoms with Crippen LogP contribution in [0.2, 0.25) is 0 Å². The normalized spacial score (nSPS) is 9.86. The molecule has 6 aromatic rings. The minimum Gasteiger partial charge on any atom is -0.463 e. The van der Waals surface area contributed by atoms with E-state index in [9.17, 15) is 19.2 Å². The summed E-state index contributed by atoms with van der Waals surface area (Å²) in [5.41, 5.74) is 4.18. The van der Waals surface area contributed by atoms with Gasteiger partial charge in [0.15, 0.2) is 0 Å². The molecule has 6 rings (SSSR count). The molecule has 3 heterocycles. The van der Waals surface area contributed by atoms with Gasteiger partial charge in [-0.15, -0.1) is 89.5 Å². The van der Waals surface area contributed by atoms with E-state index in [1.165, 1.54) is 0 Å². The van der Waals surface area contributed by atoms with Gasteiger partial charge in [-0.1, -0.05) is 72.0 Å². The van der Waals surface area contributed by atoms with Gasteiger partial charge in [-0.05, 0) is 55.5 Å². The molecule has 0 saturated heterocycles. The molecule has 12 nitrogen and oxygen atoms in total. The molecule has 0 radical (unpaired) electrons. The number of esters is 3. The molecule has 63 heavy (non-hydrogen) atoms. The average Bonchev–Trinajstić information content (AvgIpc) is 3.29. The van der Waals surface area contributed by atoms with Gasteiger partial charge in [0.05, 0.1) is 29.2 Å². The van der Waals surface area contributed by atoms with Gasteiger partial charge in [0.2, 0.25) is 0 Å². The van der Waals surface area contributed by atoms with Crippen molar-refractivity contribution in [1.82, 2.24) is 20.3 Å². The summed E-state index contributed by atoms with van der Waals surface area (Å²) in [6.45, 7) is 9.36. The van der Waals surface area contributed by atoms with Crippen LogP contribution in [0.25, 0.3) is 33.8 Å². The van der Waals surface area contributed by atoms with Gasteiger partial charge >= 0.3 is 44.1 Å². The van der Waals surface area contributed by atoms with Gasteiger partial charge < -0.3 is 39.2 Å². The predicted molar refractivity (Wildman–Crippen MR) is 240 cm³/mol. The Morgan fingerprint density at radius 1 is 0.587 bits per heavy atom. The summed E-state index contributed by atoms with van der Waals surface area (Å²) in [6, 6.07) is 41.4. The molecule has 0 aliphatic carbocycles. The second-order valence-corrected chi connectivity index (χ2v) is 13.3. The molecule has 0 spiro atoms. The number of benzene rings is 3. The smallest absolute Gasteiger partial charge is 0.463 e. The largest absolute Gasteiger partial charge is 3.00 e. The third-order valence-corrected chi connectivity index (χ3v) is 8.43. The zero-order valence-electron chi connectivity index (χ0n) is 34.6. The van der Waals surface area contributed by atoms with Crippen LogP contribution < -0.4 is 19.5 Å². The predicted octanol–water partition coefficient (Wildman–Crippen LogP) is 10.6. The Morgan fingerprint density at radius 2 is 0.968 bits per heavy atom. The molecule has 332 valence electrons. The molecule has 0 atom stereocenters. The molecule has 1 N–H and O–H groups in total. The van der Waals surface area contributed by atoms with Crippen molar-refractivity contribution in [2.24, 2.45) is 5.41 Å². The fourth-order valence-corrected chi connectivity index (χ4v) is 4.72. The topological polar surface area (TPSA) is 156 Å². The van der Waals surface area contributed by atoms with Gasteiger partial charge in [-0.3, -0.25) is 14.4 Å². The summed E-state index contributed by atoms with van der Waals surface area (Å²) in [6.07, 6.45) is 5.90. The first-order chi connectivity index (χ1) is 29.0. The fourth-order valence-electron chi connectivity index (χ4n) is 4.72. The van der Waals surface area contributed by atoms with Crippen molar-refractivity contribution in [2.75, 3.05) is 13.2 Å². The standard InChI is InChI=1S/C20H23N2O4.2C14H12NO2.2CH4.Ir/c1-4-20(2,3)18(23)25-13-12-22-19(24)26-16-9-7-8-15(14-16)17-10-5-6-11-21-17;2*1-2-14(16)17-12-7-5-6-11(10-12)13-8-3-4-9-15-13;;;/h5-7,9-11,14H,4,12-13H2,1-3H3,(H,22,24);2*3-5,7-10H,2H2,1H3;2*1H4;/q3*-1;;;+3. The van der Waals surface area contributed by atoms with E-state index in [-0.39, 0.29) is 66.0 Å². The second-order valence-electron chi connectivity index (χ2n) is 13.3. The molecule has 13 heteroatoms. The maximum absolute atomic E-state index is 11.9. The van der Waals surface area contributed by atoms with E-state index in [4.69, 9.17) is 18.9 Å². The van der Waals surface area contributed by atoms with Gasteiger partial charge in [0.1, 0.15) is 6.61 Å². The van der Waals surface area contributed by atoms with E-state index in [0.29, 0.717) is 36.5 Å². The van der Waals surface area contributed by atoms with Crippen molar-refractivity contribution in [3.8, 4) is 51.0 Å². The van der Waals surface area contributed by atoms with Crippen molar-refractivity contribution in [3.63, 3.8) is 0 Å². The summed E-state index contributed by atoms with van der Waals surface area (Å²) < 4.78 is 20.7. The van der Waals surface area contributed by atoms with Crippen molar-refractivity contribution in [2.45, 2.75) is 68.7 Å². The van der Waals surface area contributed by atoms with Crippen molar-refractivity contribution >= 4 is 24.0 Å². The maximum Gasteiger partial charge on any atom is 3.00 e. The van der Waals surface area contributed by atoms with Crippen LogP contribution in [-0.2, 0) is 39.2 Å². The number of carbonyl (C=O) groups excluding carboxylic acids is 4. The number of amides is 1. The number of carbonyl (C=O) groups is 4. The molecule has 0 unspecified atom stereocenters. The Kier molecular flexibility index (Phi) is 25.0. The molecule has 3 aromatic carbocycles. The fraction of sp³-hybridized carbons (Fsp3) is 0.260.